The molecule has 2 saturated carbocycles. The highest BCUT2D eigenvalue weighted by Gasteiger charge is 2.57. The Morgan fingerprint density at radius 1 is 1.30 bits per heavy atom. The molecule has 0 amide bonds. The van der Waals surface area contributed by atoms with Crippen molar-refractivity contribution in [1.29, 1.82) is 0 Å². The lowest BCUT2D eigenvalue weighted by Gasteiger charge is -2.59. The predicted octanol–water partition coefficient (Wildman–Crippen LogP) is 1.85. The molecule has 128 valence electrons. The molecule has 1 unspecified atom stereocenters. The highest BCUT2D eigenvalue weighted by atomic mass is 16.3. The van der Waals surface area contributed by atoms with Crippen molar-refractivity contribution in [3.05, 3.63) is 23.8 Å². The number of ketones is 1. The van der Waals surface area contributed by atoms with Gasteiger partial charge in [0.25, 0.3) is 0 Å². The summed E-state index contributed by atoms with van der Waals surface area (Å²) in [6, 6.07) is 0. The van der Waals surface area contributed by atoms with Crippen LogP contribution in [0.25, 0.3) is 0 Å². The van der Waals surface area contributed by atoms with Crippen LogP contribution in [0, 0.1) is 28.6 Å². The number of carbonyl (C=O) groups is 1. The molecule has 0 heterocycles. The lowest BCUT2D eigenvalue weighted by molar-refractivity contribution is -0.134. The molecule has 3 aliphatic rings. The topological polar surface area (TPSA) is 77.8 Å². The van der Waals surface area contributed by atoms with Gasteiger partial charge in [-0.25, -0.2) is 0 Å². The van der Waals surface area contributed by atoms with Gasteiger partial charge in [-0.1, -0.05) is 25.5 Å². The van der Waals surface area contributed by atoms with Gasteiger partial charge in [-0.3, -0.25) is 4.79 Å². The fourth-order valence-corrected chi connectivity index (χ4v) is 5.64. The molecule has 0 radical (unpaired) electrons. The van der Waals surface area contributed by atoms with Crippen LogP contribution in [0.4, 0.5) is 0 Å². The Morgan fingerprint density at radius 2 is 2.04 bits per heavy atom. The lowest BCUT2D eigenvalue weighted by atomic mass is 9.46. The van der Waals surface area contributed by atoms with Gasteiger partial charge in [-0.05, 0) is 55.1 Å². The number of rotatable bonds is 3. The number of hydrogen-bond acceptors (Lipinski definition) is 4. The van der Waals surface area contributed by atoms with E-state index in [-0.39, 0.29) is 47.6 Å². The van der Waals surface area contributed by atoms with Gasteiger partial charge >= 0.3 is 0 Å². The van der Waals surface area contributed by atoms with Crippen LogP contribution in [0.2, 0.25) is 0 Å². The molecular weight excluding hydrogens is 292 g/mol. The van der Waals surface area contributed by atoms with Crippen molar-refractivity contribution in [2.24, 2.45) is 28.6 Å². The van der Waals surface area contributed by atoms with E-state index in [2.05, 4.69) is 6.92 Å². The molecule has 0 aliphatic heterocycles. The second-order valence-electron chi connectivity index (χ2n) is 8.12. The van der Waals surface area contributed by atoms with E-state index in [4.69, 9.17) is 0 Å². The van der Waals surface area contributed by atoms with Crippen LogP contribution in [0.1, 0.15) is 39.5 Å². The second-order valence-corrected chi connectivity index (χ2v) is 8.12. The second kappa shape index (κ2) is 5.83. The fraction of sp³-hybridized carbons (Fsp3) is 0.737. The van der Waals surface area contributed by atoms with Crippen LogP contribution >= 0.6 is 0 Å². The van der Waals surface area contributed by atoms with Gasteiger partial charge in [0.2, 0.25) is 0 Å². The first kappa shape index (κ1) is 16.9. The van der Waals surface area contributed by atoms with Gasteiger partial charge in [-0.2, -0.15) is 0 Å². The van der Waals surface area contributed by atoms with Crippen LogP contribution in [0.3, 0.4) is 0 Å². The molecule has 3 rings (SSSR count). The van der Waals surface area contributed by atoms with Crippen molar-refractivity contribution in [2.75, 3.05) is 13.2 Å². The average Bonchev–Trinajstić information content (AvgIpc) is 2.51. The van der Waals surface area contributed by atoms with Crippen molar-refractivity contribution >= 4 is 5.78 Å². The first-order valence-electron chi connectivity index (χ1n) is 8.70. The van der Waals surface area contributed by atoms with Crippen molar-refractivity contribution in [1.82, 2.24) is 0 Å². The Labute approximate surface area is 137 Å². The van der Waals surface area contributed by atoms with Gasteiger partial charge in [0.15, 0.2) is 5.78 Å². The van der Waals surface area contributed by atoms with Crippen molar-refractivity contribution in [2.45, 2.75) is 45.6 Å². The molecule has 3 N–H and O–H groups in total. The SMILES string of the molecule is C[C@]1(CO)C[C@H](O)C2[C@@H](CCC3=CC(=O)C=C[C@@]32C)[C@@H]1CCO. The monoisotopic (exact) mass is 320 g/mol. The summed E-state index contributed by atoms with van der Waals surface area (Å²) in [6.07, 6.45) is 7.79. The molecule has 0 aromatic carbocycles. The standard InChI is InChI=1S/C19H28O4/c1-18(11-21)10-16(23)17-14(15(18)6-8-20)4-3-12-9-13(22)5-7-19(12,17)2/h5,7,9,14-17,20-21,23H,3-4,6,8,10-11H2,1-2H3/t14-,15-,16-,17?,18+,19-/m0/s1. The zero-order valence-corrected chi connectivity index (χ0v) is 14.0. The summed E-state index contributed by atoms with van der Waals surface area (Å²) in [5, 5.41) is 30.4. The van der Waals surface area contributed by atoms with E-state index in [9.17, 15) is 20.1 Å². The Balaban J connectivity index is 2.01. The summed E-state index contributed by atoms with van der Waals surface area (Å²) in [6.45, 7) is 4.29. The molecule has 0 aromatic heterocycles. The summed E-state index contributed by atoms with van der Waals surface area (Å²) in [5.41, 5.74) is 0.483. The van der Waals surface area contributed by atoms with E-state index in [0.29, 0.717) is 12.8 Å². The number of aliphatic hydroxyl groups is 3. The van der Waals surface area contributed by atoms with Crippen molar-refractivity contribution < 1.29 is 20.1 Å². The first-order chi connectivity index (χ1) is 10.9. The minimum Gasteiger partial charge on any atom is -0.396 e. The highest BCUT2D eigenvalue weighted by Crippen LogP contribution is 2.60. The zero-order chi connectivity index (χ0) is 16.8. The average molecular weight is 320 g/mol. The molecule has 0 bridgehead atoms. The third kappa shape index (κ3) is 2.51. The van der Waals surface area contributed by atoms with E-state index in [1.807, 2.05) is 13.0 Å². The molecule has 3 aliphatic carbocycles. The molecule has 4 heteroatoms. The van der Waals surface area contributed by atoms with E-state index in [1.54, 1.807) is 12.2 Å². The zero-order valence-electron chi connectivity index (χ0n) is 14.0. The lowest BCUT2D eigenvalue weighted by Crippen LogP contribution is -2.57. The molecule has 0 saturated heterocycles. The maximum atomic E-state index is 11.7. The van der Waals surface area contributed by atoms with E-state index in [0.717, 1.165) is 18.4 Å². The van der Waals surface area contributed by atoms with Crippen LogP contribution in [0.5, 0.6) is 0 Å². The summed E-state index contributed by atoms with van der Waals surface area (Å²) in [7, 11) is 0. The normalized spacial score (nSPS) is 46.1. The molecule has 6 atom stereocenters. The highest BCUT2D eigenvalue weighted by molar-refractivity contribution is 6.01. The van der Waals surface area contributed by atoms with Gasteiger partial charge in [0.1, 0.15) is 0 Å². The van der Waals surface area contributed by atoms with Crippen molar-refractivity contribution in [3.8, 4) is 0 Å². The number of fused-ring (bicyclic) bond motifs is 3. The molecule has 0 spiro atoms. The third-order valence-corrected chi connectivity index (χ3v) is 6.81. The van der Waals surface area contributed by atoms with Gasteiger partial charge in [-0.15, -0.1) is 0 Å². The molecule has 23 heavy (non-hydrogen) atoms. The van der Waals surface area contributed by atoms with E-state index < -0.39 is 6.10 Å². The van der Waals surface area contributed by atoms with Gasteiger partial charge < -0.3 is 15.3 Å². The Kier molecular flexibility index (Phi) is 4.28. The molecular formula is C19H28O4. The molecule has 4 nitrogen and oxygen atoms in total. The Morgan fingerprint density at radius 3 is 2.70 bits per heavy atom. The maximum absolute atomic E-state index is 11.7. The minimum absolute atomic E-state index is 0.0334. The summed E-state index contributed by atoms with van der Waals surface area (Å²) >= 11 is 0. The largest absolute Gasteiger partial charge is 0.396 e. The maximum Gasteiger partial charge on any atom is 0.178 e. The summed E-state index contributed by atoms with van der Waals surface area (Å²) in [4.78, 5) is 11.7. The van der Waals surface area contributed by atoms with E-state index in [1.165, 1.54) is 0 Å². The van der Waals surface area contributed by atoms with Crippen LogP contribution in [0.15, 0.2) is 23.8 Å². The predicted molar refractivity (Wildman–Crippen MR) is 87.6 cm³/mol. The first-order valence-corrected chi connectivity index (χ1v) is 8.70. The van der Waals surface area contributed by atoms with Crippen LogP contribution < -0.4 is 0 Å². The Hall–Kier alpha value is -0.970. The van der Waals surface area contributed by atoms with Crippen LogP contribution in [-0.2, 0) is 4.79 Å². The third-order valence-electron chi connectivity index (χ3n) is 6.81. The van der Waals surface area contributed by atoms with Crippen molar-refractivity contribution in [3.63, 3.8) is 0 Å². The number of allylic oxidation sites excluding steroid dienone is 4. The van der Waals surface area contributed by atoms with Gasteiger partial charge in [0.05, 0.1) is 6.10 Å². The fourth-order valence-electron chi connectivity index (χ4n) is 5.64. The summed E-state index contributed by atoms with van der Waals surface area (Å²) in [5.74, 6) is 0.523. The van der Waals surface area contributed by atoms with Crippen LogP contribution in [-0.4, -0.2) is 40.4 Å². The summed E-state index contributed by atoms with van der Waals surface area (Å²) < 4.78 is 0. The number of hydrogen-bond donors (Lipinski definition) is 3. The minimum atomic E-state index is -0.501. The van der Waals surface area contributed by atoms with Gasteiger partial charge in [0, 0.05) is 24.5 Å². The molecule has 0 aromatic rings. The quantitative estimate of drug-likeness (QED) is 0.741. The number of aliphatic hydroxyl groups excluding tert-OH is 3. The Bertz CT molecular complexity index is 552. The van der Waals surface area contributed by atoms with E-state index >= 15 is 0 Å². The molecule has 2 fully saturated rings. The number of carbonyl (C=O) groups excluding carboxylic acids is 1. The smallest absolute Gasteiger partial charge is 0.178 e.